The Hall–Kier alpha value is -0.550. The van der Waals surface area contributed by atoms with Gasteiger partial charge in [0.1, 0.15) is 0 Å². The first-order valence-electron chi connectivity index (χ1n) is 12.8. The van der Waals surface area contributed by atoms with E-state index in [1.54, 1.807) is 0 Å². The van der Waals surface area contributed by atoms with E-state index in [9.17, 15) is 0 Å². The van der Waals surface area contributed by atoms with Gasteiger partial charge in [-0.05, 0) is 50.4 Å². The van der Waals surface area contributed by atoms with Gasteiger partial charge in [0.05, 0.1) is 12.2 Å². The van der Waals surface area contributed by atoms with Crippen LogP contribution in [0.5, 0.6) is 0 Å². The van der Waals surface area contributed by atoms with Crippen molar-refractivity contribution in [1.29, 1.82) is 5.26 Å². The number of rotatable bonds is 14. The van der Waals surface area contributed by atoms with Crippen molar-refractivity contribution in [2.75, 3.05) is 6.61 Å². The summed E-state index contributed by atoms with van der Waals surface area (Å²) < 4.78 is 6.09. The van der Waals surface area contributed by atoms with Gasteiger partial charge < -0.3 is 4.74 Å². The minimum absolute atomic E-state index is 0.292. The Labute approximate surface area is 175 Å². The van der Waals surface area contributed by atoms with E-state index < -0.39 is 0 Å². The Balaban J connectivity index is 1.38. The Kier molecular flexibility index (Phi) is 13.0. The summed E-state index contributed by atoms with van der Waals surface area (Å²) in [6.07, 6.45) is 26.3. The fourth-order valence-corrected chi connectivity index (χ4v) is 5.36. The Morgan fingerprint density at radius 2 is 1.21 bits per heavy atom. The van der Waals surface area contributed by atoms with Crippen molar-refractivity contribution in [1.82, 2.24) is 0 Å². The zero-order valence-electron chi connectivity index (χ0n) is 18.8. The number of nitriles is 1. The van der Waals surface area contributed by atoms with E-state index in [1.165, 1.54) is 96.3 Å². The number of hydrogen-bond donors (Lipinski definition) is 0. The molecule has 162 valence electrons. The average Bonchev–Trinajstić information content (AvgIpc) is 2.74. The molecule has 0 aliphatic heterocycles. The second-order valence-corrected chi connectivity index (χ2v) is 9.77. The zero-order valence-corrected chi connectivity index (χ0v) is 18.8. The van der Waals surface area contributed by atoms with Crippen LogP contribution < -0.4 is 0 Å². The van der Waals surface area contributed by atoms with Crippen LogP contribution in [0.25, 0.3) is 0 Å². The van der Waals surface area contributed by atoms with E-state index in [0.29, 0.717) is 12.0 Å². The lowest BCUT2D eigenvalue weighted by Crippen LogP contribution is -2.22. The second kappa shape index (κ2) is 15.3. The summed E-state index contributed by atoms with van der Waals surface area (Å²) in [7, 11) is 0. The molecule has 28 heavy (non-hydrogen) atoms. The molecular formula is C26H47NO. The lowest BCUT2D eigenvalue weighted by Gasteiger charge is -2.29. The maximum Gasteiger partial charge on any atom is 0.0655 e. The number of unbranched alkanes of at least 4 members (excludes halogenated alkanes) is 7. The molecule has 2 aliphatic rings. The van der Waals surface area contributed by atoms with Gasteiger partial charge >= 0.3 is 0 Å². The van der Waals surface area contributed by atoms with Crippen LogP contribution in [0.15, 0.2) is 0 Å². The molecule has 0 heterocycles. The number of nitrogens with zero attached hydrogens (tertiary/aromatic N) is 1. The summed E-state index contributed by atoms with van der Waals surface area (Å²) >= 11 is 0. The van der Waals surface area contributed by atoms with Gasteiger partial charge in [-0.2, -0.15) is 5.26 Å². The van der Waals surface area contributed by atoms with Crippen molar-refractivity contribution in [3.05, 3.63) is 0 Å². The second-order valence-electron chi connectivity index (χ2n) is 9.77. The smallest absolute Gasteiger partial charge is 0.0655 e. The molecule has 0 unspecified atom stereocenters. The zero-order chi connectivity index (χ0) is 19.9. The molecule has 0 saturated heterocycles. The molecule has 2 nitrogen and oxygen atoms in total. The predicted molar refractivity (Wildman–Crippen MR) is 119 cm³/mol. The normalized spacial score (nSPS) is 28.1. The van der Waals surface area contributed by atoms with E-state index >= 15 is 0 Å². The van der Waals surface area contributed by atoms with E-state index in [0.717, 1.165) is 44.1 Å². The summed E-state index contributed by atoms with van der Waals surface area (Å²) in [5, 5.41) is 8.97. The molecule has 0 aromatic carbocycles. The van der Waals surface area contributed by atoms with Crippen LogP contribution in [-0.4, -0.2) is 12.7 Å². The maximum atomic E-state index is 8.97. The van der Waals surface area contributed by atoms with Gasteiger partial charge in [-0.25, -0.2) is 0 Å². The van der Waals surface area contributed by atoms with Crippen LogP contribution in [-0.2, 0) is 4.74 Å². The minimum atomic E-state index is 0.292. The van der Waals surface area contributed by atoms with Crippen molar-refractivity contribution >= 4 is 0 Å². The van der Waals surface area contributed by atoms with Gasteiger partial charge in [0.2, 0.25) is 0 Å². The largest absolute Gasteiger partial charge is 0.378 e. The van der Waals surface area contributed by atoms with Crippen LogP contribution in [0.3, 0.4) is 0 Å². The van der Waals surface area contributed by atoms with E-state index in [2.05, 4.69) is 13.0 Å². The molecule has 2 saturated carbocycles. The summed E-state index contributed by atoms with van der Waals surface area (Å²) in [5.74, 6) is 2.29. The highest BCUT2D eigenvalue weighted by Gasteiger charge is 2.22. The SMILES string of the molecule is CCCCCCCCCCC1CCC(CCCOC2CCC(C#N)CC2)CC1. The van der Waals surface area contributed by atoms with Crippen molar-refractivity contribution < 1.29 is 4.74 Å². The molecule has 0 aromatic rings. The highest BCUT2D eigenvalue weighted by Crippen LogP contribution is 2.34. The third kappa shape index (κ3) is 10.3. The van der Waals surface area contributed by atoms with Gasteiger partial charge in [0.15, 0.2) is 0 Å². The van der Waals surface area contributed by atoms with E-state index in [4.69, 9.17) is 10.00 Å². The topological polar surface area (TPSA) is 33.0 Å². The van der Waals surface area contributed by atoms with Gasteiger partial charge in [-0.15, -0.1) is 0 Å². The summed E-state index contributed by atoms with van der Waals surface area (Å²) in [6.45, 7) is 3.24. The van der Waals surface area contributed by atoms with Gasteiger partial charge in [-0.1, -0.05) is 90.4 Å². The molecule has 0 aromatic heterocycles. The van der Waals surface area contributed by atoms with Gasteiger partial charge in [0.25, 0.3) is 0 Å². The molecule has 2 aliphatic carbocycles. The molecule has 2 heteroatoms. The highest BCUT2D eigenvalue weighted by atomic mass is 16.5. The fourth-order valence-electron chi connectivity index (χ4n) is 5.36. The molecule has 0 atom stereocenters. The quantitative estimate of drug-likeness (QED) is 0.280. The van der Waals surface area contributed by atoms with Crippen LogP contribution in [0.1, 0.15) is 129 Å². The number of ether oxygens (including phenoxy) is 1. The van der Waals surface area contributed by atoms with Crippen LogP contribution in [0.4, 0.5) is 0 Å². The monoisotopic (exact) mass is 389 g/mol. The first-order chi connectivity index (χ1) is 13.8. The lowest BCUT2D eigenvalue weighted by atomic mass is 9.78. The Morgan fingerprint density at radius 1 is 0.679 bits per heavy atom. The fraction of sp³-hybridized carbons (Fsp3) is 0.962. The van der Waals surface area contributed by atoms with E-state index in [1.807, 2.05) is 0 Å². The predicted octanol–water partition coefficient (Wildman–Crippen LogP) is 8.20. The first-order valence-corrected chi connectivity index (χ1v) is 12.8. The minimum Gasteiger partial charge on any atom is -0.378 e. The van der Waals surface area contributed by atoms with Crippen molar-refractivity contribution in [2.24, 2.45) is 17.8 Å². The van der Waals surface area contributed by atoms with Crippen molar-refractivity contribution in [3.8, 4) is 6.07 Å². The highest BCUT2D eigenvalue weighted by molar-refractivity contribution is 4.87. The molecule has 0 N–H and O–H groups in total. The molecule has 0 radical (unpaired) electrons. The molecule has 2 rings (SSSR count). The third-order valence-electron chi connectivity index (χ3n) is 7.40. The van der Waals surface area contributed by atoms with Crippen LogP contribution in [0, 0.1) is 29.1 Å². The van der Waals surface area contributed by atoms with E-state index in [-0.39, 0.29) is 0 Å². The molecule has 0 spiro atoms. The lowest BCUT2D eigenvalue weighted by molar-refractivity contribution is 0.0187. The summed E-state index contributed by atoms with van der Waals surface area (Å²) in [5.41, 5.74) is 0. The molecular weight excluding hydrogens is 342 g/mol. The van der Waals surface area contributed by atoms with Gasteiger partial charge in [-0.3, -0.25) is 0 Å². The summed E-state index contributed by atoms with van der Waals surface area (Å²) in [6, 6.07) is 2.41. The Morgan fingerprint density at radius 3 is 1.79 bits per heavy atom. The average molecular weight is 390 g/mol. The molecule has 0 bridgehead atoms. The standard InChI is InChI=1S/C26H47NO/c1-2-3-4-5-6-7-8-9-11-23-13-15-24(16-14-23)12-10-21-28-26-19-17-25(22-27)18-20-26/h23-26H,2-21H2,1H3. The maximum absolute atomic E-state index is 8.97. The third-order valence-corrected chi connectivity index (χ3v) is 7.40. The van der Waals surface area contributed by atoms with Crippen LogP contribution in [0.2, 0.25) is 0 Å². The molecule has 2 fully saturated rings. The van der Waals surface area contributed by atoms with Crippen LogP contribution >= 0.6 is 0 Å². The van der Waals surface area contributed by atoms with Gasteiger partial charge in [0, 0.05) is 12.5 Å². The molecule has 0 amide bonds. The summed E-state index contributed by atoms with van der Waals surface area (Å²) in [4.78, 5) is 0. The van der Waals surface area contributed by atoms with Crippen molar-refractivity contribution in [3.63, 3.8) is 0 Å². The number of hydrogen-bond acceptors (Lipinski definition) is 2. The first kappa shape index (κ1) is 23.7. The van der Waals surface area contributed by atoms with Crippen molar-refractivity contribution in [2.45, 2.75) is 135 Å². The Bertz CT molecular complexity index is 399.